The van der Waals surface area contributed by atoms with Crippen molar-refractivity contribution in [1.82, 2.24) is 20.3 Å². The molecule has 1 atom stereocenters. The zero-order valence-electron chi connectivity index (χ0n) is 15.2. The lowest BCUT2D eigenvalue weighted by atomic mass is 9.93. The Morgan fingerprint density at radius 2 is 1.92 bits per heavy atom. The molecule has 1 aromatic heterocycles. The van der Waals surface area contributed by atoms with Crippen LogP contribution in [0.2, 0.25) is 0 Å². The summed E-state index contributed by atoms with van der Waals surface area (Å²) in [4.78, 5) is 29.2. The second-order valence-electron chi connectivity index (χ2n) is 7.87. The monoisotopic (exact) mass is 360 g/mol. The van der Waals surface area contributed by atoms with Crippen LogP contribution in [0.3, 0.4) is 0 Å². The van der Waals surface area contributed by atoms with Crippen LogP contribution in [-0.4, -0.2) is 59.0 Å². The molecule has 0 unspecified atom stereocenters. The topological polar surface area (TPSA) is 78.7 Å². The van der Waals surface area contributed by atoms with Crippen LogP contribution in [0.4, 0.5) is 0 Å². The molecule has 1 saturated carbocycles. The summed E-state index contributed by atoms with van der Waals surface area (Å²) in [6, 6.07) is 2.27. The van der Waals surface area contributed by atoms with Crippen LogP contribution in [0, 0.1) is 11.8 Å². The molecular formula is C19H28N4O3. The normalized spacial score (nSPS) is 25.2. The first-order valence-corrected chi connectivity index (χ1v) is 9.90. The second kappa shape index (κ2) is 7.78. The fraction of sp³-hybridized carbons (Fsp3) is 0.737. The summed E-state index contributed by atoms with van der Waals surface area (Å²) in [7, 11) is 0. The van der Waals surface area contributed by atoms with Crippen molar-refractivity contribution in [1.29, 1.82) is 0 Å². The predicted octanol–water partition coefficient (Wildman–Crippen LogP) is 1.40. The molecule has 0 aromatic carbocycles. The third kappa shape index (κ3) is 4.09. The lowest BCUT2D eigenvalue weighted by Crippen LogP contribution is -2.51. The number of amides is 2. The Morgan fingerprint density at radius 3 is 2.62 bits per heavy atom. The average molecular weight is 360 g/mol. The summed E-state index contributed by atoms with van der Waals surface area (Å²) in [5.41, 5.74) is 0.749. The zero-order chi connectivity index (χ0) is 17.9. The smallest absolute Gasteiger partial charge is 0.225 e. The van der Waals surface area contributed by atoms with Gasteiger partial charge < -0.3 is 14.7 Å². The molecule has 26 heavy (non-hydrogen) atoms. The summed E-state index contributed by atoms with van der Waals surface area (Å²) in [6.45, 7) is 4.06. The highest BCUT2D eigenvalue weighted by Gasteiger charge is 2.37. The zero-order valence-corrected chi connectivity index (χ0v) is 15.2. The summed E-state index contributed by atoms with van der Waals surface area (Å²) < 4.78 is 4.80. The van der Waals surface area contributed by atoms with Gasteiger partial charge in [0, 0.05) is 37.7 Å². The minimum Gasteiger partial charge on any atom is -0.364 e. The fourth-order valence-corrected chi connectivity index (χ4v) is 4.24. The van der Waals surface area contributed by atoms with Crippen molar-refractivity contribution in [3.63, 3.8) is 0 Å². The standard InChI is InChI=1S/C19H28N4O3/c24-18(20-12-16-7-11-26-21-16)15-2-1-8-23(13-15)17-5-9-22(10-6-17)19(25)14-3-4-14/h7,11,14-15,17H,1-6,8-10,12-13H2,(H,20,24)/t15-/m1/s1. The van der Waals surface area contributed by atoms with Gasteiger partial charge in [-0.25, -0.2) is 0 Å². The van der Waals surface area contributed by atoms with Gasteiger partial charge in [0.2, 0.25) is 11.8 Å². The largest absolute Gasteiger partial charge is 0.364 e. The Morgan fingerprint density at radius 1 is 1.12 bits per heavy atom. The molecule has 1 aliphatic carbocycles. The molecule has 4 rings (SSSR count). The molecule has 2 aliphatic heterocycles. The first kappa shape index (κ1) is 17.5. The quantitative estimate of drug-likeness (QED) is 0.859. The second-order valence-corrected chi connectivity index (χ2v) is 7.87. The van der Waals surface area contributed by atoms with Gasteiger partial charge in [-0.2, -0.15) is 0 Å². The van der Waals surface area contributed by atoms with E-state index in [-0.39, 0.29) is 11.8 Å². The van der Waals surface area contributed by atoms with E-state index in [1.54, 1.807) is 6.07 Å². The van der Waals surface area contributed by atoms with Gasteiger partial charge in [0.05, 0.1) is 12.5 Å². The molecule has 7 heteroatoms. The number of nitrogens with one attached hydrogen (secondary N) is 1. The molecule has 0 spiro atoms. The highest BCUT2D eigenvalue weighted by atomic mass is 16.5. The number of carbonyl (C=O) groups is 2. The highest BCUT2D eigenvalue weighted by molar-refractivity contribution is 5.81. The van der Waals surface area contributed by atoms with E-state index < -0.39 is 0 Å². The minimum absolute atomic E-state index is 0.0433. The first-order valence-electron chi connectivity index (χ1n) is 9.90. The van der Waals surface area contributed by atoms with Crippen molar-refractivity contribution in [3.05, 3.63) is 18.0 Å². The Balaban J connectivity index is 1.24. The molecular weight excluding hydrogens is 332 g/mol. The van der Waals surface area contributed by atoms with Crippen molar-refractivity contribution in [2.45, 2.75) is 51.1 Å². The van der Waals surface area contributed by atoms with Crippen LogP contribution < -0.4 is 5.32 Å². The Kier molecular flexibility index (Phi) is 5.24. The van der Waals surface area contributed by atoms with Crippen LogP contribution in [0.1, 0.15) is 44.2 Å². The summed E-state index contributed by atoms with van der Waals surface area (Å²) >= 11 is 0. The molecule has 7 nitrogen and oxygen atoms in total. The first-order chi connectivity index (χ1) is 12.7. The van der Waals surface area contributed by atoms with Gasteiger partial charge in [0.1, 0.15) is 12.0 Å². The van der Waals surface area contributed by atoms with Gasteiger partial charge in [0.15, 0.2) is 0 Å². The number of hydrogen-bond donors (Lipinski definition) is 1. The Hall–Kier alpha value is -1.89. The Labute approximate surface area is 154 Å². The lowest BCUT2D eigenvalue weighted by molar-refractivity contribution is -0.134. The average Bonchev–Trinajstić information content (AvgIpc) is 3.41. The van der Waals surface area contributed by atoms with Crippen LogP contribution in [0.5, 0.6) is 0 Å². The summed E-state index contributed by atoms with van der Waals surface area (Å²) in [5, 5.41) is 6.81. The predicted molar refractivity (Wildman–Crippen MR) is 95.0 cm³/mol. The van der Waals surface area contributed by atoms with E-state index >= 15 is 0 Å². The highest BCUT2D eigenvalue weighted by Crippen LogP contribution is 2.32. The number of nitrogens with zero attached hydrogens (tertiary/aromatic N) is 3. The molecule has 0 bridgehead atoms. The summed E-state index contributed by atoms with van der Waals surface area (Å²) in [6.07, 6.45) is 7.75. The van der Waals surface area contributed by atoms with Crippen LogP contribution in [-0.2, 0) is 16.1 Å². The van der Waals surface area contributed by atoms with E-state index in [9.17, 15) is 9.59 Å². The van der Waals surface area contributed by atoms with E-state index in [4.69, 9.17) is 4.52 Å². The van der Waals surface area contributed by atoms with Crippen molar-refractivity contribution in [2.75, 3.05) is 26.2 Å². The molecule has 1 aromatic rings. The maximum Gasteiger partial charge on any atom is 0.225 e. The number of aromatic nitrogens is 1. The molecule has 3 fully saturated rings. The molecule has 1 N–H and O–H groups in total. The van der Waals surface area contributed by atoms with Crippen LogP contribution in [0.25, 0.3) is 0 Å². The molecule has 3 heterocycles. The third-order valence-corrected chi connectivity index (χ3v) is 5.98. The van der Waals surface area contributed by atoms with Gasteiger partial charge in [-0.1, -0.05) is 5.16 Å². The van der Waals surface area contributed by atoms with Crippen molar-refractivity contribution < 1.29 is 14.1 Å². The number of rotatable bonds is 5. The van der Waals surface area contributed by atoms with E-state index in [2.05, 4.69) is 20.3 Å². The van der Waals surface area contributed by atoms with Gasteiger partial charge in [-0.15, -0.1) is 0 Å². The maximum atomic E-state index is 12.5. The fourth-order valence-electron chi connectivity index (χ4n) is 4.24. The third-order valence-electron chi connectivity index (χ3n) is 5.98. The van der Waals surface area contributed by atoms with Crippen molar-refractivity contribution in [3.8, 4) is 0 Å². The van der Waals surface area contributed by atoms with Crippen molar-refractivity contribution in [2.24, 2.45) is 11.8 Å². The molecule has 2 saturated heterocycles. The van der Waals surface area contributed by atoms with E-state index in [1.807, 2.05) is 0 Å². The number of hydrogen-bond acceptors (Lipinski definition) is 5. The minimum atomic E-state index is 0.0433. The molecule has 2 amide bonds. The van der Waals surface area contributed by atoms with Gasteiger partial charge in [0.25, 0.3) is 0 Å². The van der Waals surface area contributed by atoms with Crippen LogP contribution >= 0.6 is 0 Å². The molecule has 3 aliphatic rings. The van der Waals surface area contributed by atoms with E-state index in [0.29, 0.717) is 24.4 Å². The van der Waals surface area contributed by atoms with E-state index in [1.165, 1.54) is 6.26 Å². The number of carbonyl (C=O) groups excluding carboxylic acids is 2. The number of piperidine rings is 2. The summed E-state index contributed by atoms with van der Waals surface area (Å²) in [5.74, 6) is 0.840. The lowest BCUT2D eigenvalue weighted by Gasteiger charge is -2.42. The molecule has 0 radical (unpaired) electrons. The Bertz CT molecular complexity index is 621. The van der Waals surface area contributed by atoms with Gasteiger partial charge in [-0.05, 0) is 45.1 Å². The molecule has 142 valence electrons. The number of likely N-dealkylation sites (tertiary alicyclic amines) is 2. The van der Waals surface area contributed by atoms with E-state index in [0.717, 1.165) is 70.4 Å². The van der Waals surface area contributed by atoms with Crippen molar-refractivity contribution >= 4 is 11.8 Å². The van der Waals surface area contributed by atoms with Crippen LogP contribution in [0.15, 0.2) is 16.9 Å². The SMILES string of the molecule is O=C(NCc1ccon1)[C@@H]1CCCN(C2CCN(C(=O)C3CC3)CC2)C1. The van der Waals surface area contributed by atoms with Gasteiger partial charge in [-0.3, -0.25) is 14.5 Å². The van der Waals surface area contributed by atoms with Gasteiger partial charge >= 0.3 is 0 Å². The maximum absolute atomic E-state index is 12.5.